The van der Waals surface area contributed by atoms with Gasteiger partial charge in [0, 0.05) is 23.3 Å². The van der Waals surface area contributed by atoms with Crippen LogP contribution in [-0.2, 0) is 24.1 Å². The Balaban J connectivity index is 2.46. The summed E-state index contributed by atoms with van der Waals surface area (Å²) >= 11 is 0. The van der Waals surface area contributed by atoms with E-state index in [9.17, 15) is 8.42 Å². The average molecular weight is 335 g/mol. The van der Waals surface area contributed by atoms with Crippen molar-refractivity contribution in [2.75, 3.05) is 0 Å². The zero-order valence-electron chi connectivity index (χ0n) is 14.0. The highest BCUT2D eigenvalue weighted by molar-refractivity contribution is 7.84. The number of nitrogens with zero attached hydrogens (tertiary/aromatic N) is 6. The molecule has 0 N–H and O–H groups in total. The second-order valence-electron chi connectivity index (χ2n) is 5.74. The minimum Gasteiger partial charge on any atom is -0.255 e. The molecular formula is C14H19N6O2S+. The Hall–Kier alpha value is -2.29. The molecule has 122 valence electrons. The maximum absolute atomic E-state index is 13.0. The van der Waals surface area contributed by atoms with Crippen molar-refractivity contribution in [3.8, 4) is 0 Å². The van der Waals surface area contributed by atoms with Crippen molar-refractivity contribution in [2.45, 2.75) is 32.9 Å². The van der Waals surface area contributed by atoms with Gasteiger partial charge in [-0.25, -0.2) is 4.98 Å². The van der Waals surface area contributed by atoms with Crippen LogP contribution in [0.2, 0.25) is 0 Å². The number of rotatable bonds is 2. The van der Waals surface area contributed by atoms with Crippen molar-refractivity contribution in [2.24, 2.45) is 14.1 Å². The molecule has 0 aliphatic heterocycles. The highest BCUT2D eigenvalue weighted by Gasteiger charge is 2.36. The van der Waals surface area contributed by atoms with E-state index in [1.54, 1.807) is 14.1 Å². The Bertz CT molecular complexity index is 1050. The van der Waals surface area contributed by atoms with E-state index in [-0.39, 0.29) is 5.16 Å². The van der Waals surface area contributed by atoms with Gasteiger partial charge in [-0.15, -0.1) is 5.10 Å². The molecule has 23 heavy (non-hydrogen) atoms. The molecule has 3 rings (SSSR count). The lowest BCUT2D eigenvalue weighted by molar-refractivity contribution is -0.587. The molecule has 9 heteroatoms. The molecule has 8 nitrogen and oxygen atoms in total. The topological polar surface area (TPSA) is 86.5 Å². The highest BCUT2D eigenvalue weighted by Crippen LogP contribution is 2.26. The van der Waals surface area contributed by atoms with E-state index in [1.807, 2.05) is 27.7 Å². The Morgan fingerprint density at radius 1 is 0.957 bits per heavy atom. The van der Waals surface area contributed by atoms with E-state index >= 15 is 0 Å². The number of benzene rings is 1. The van der Waals surface area contributed by atoms with Gasteiger partial charge in [0.15, 0.2) is 0 Å². The van der Waals surface area contributed by atoms with Gasteiger partial charge in [0.05, 0.1) is 7.05 Å². The second kappa shape index (κ2) is 4.85. The summed E-state index contributed by atoms with van der Waals surface area (Å²) in [5.74, 6) is 0. The molecule has 2 heterocycles. The van der Waals surface area contributed by atoms with Crippen molar-refractivity contribution in [3.63, 3.8) is 0 Å². The van der Waals surface area contributed by atoms with Gasteiger partial charge >= 0.3 is 15.2 Å². The van der Waals surface area contributed by atoms with Crippen LogP contribution in [0.25, 0.3) is 11.0 Å². The van der Waals surface area contributed by atoms with E-state index in [4.69, 9.17) is 0 Å². The maximum Gasteiger partial charge on any atom is 0.390 e. The lowest BCUT2D eigenvalue weighted by atomic mass is 9.98. The summed E-state index contributed by atoms with van der Waals surface area (Å²) in [4.78, 5) is 5.21. The van der Waals surface area contributed by atoms with Gasteiger partial charge in [0.2, 0.25) is 5.52 Å². The molecule has 0 spiro atoms. The van der Waals surface area contributed by atoms with Gasteiger partial charge in [0.1, 0.15) is 6.33 Å². The van der Waals surface area contributed by atoms with Crippen LogP contribution in [0.4, 0.5) is 0 Å². The van der Waals surface area contributed by atoms with E-state index in [0.29, 0.717) is 11.0 Å². The van der Waals surface area contributed by atoms with E-state index in [0.717, 1.165) is 22.3 Å². The van der Waals surface area contributed by atoms with Crippen molar-refractivity contribution >= 4 is 21.1 Å². The first-order valence-electron chi connectivity index (χ1n) is 7.13. The number of aryl methyl sites for hydroxylation is 4. The van der Waals surface area contributed by atoms with Crippen LogP contribution in [0.5, 0.6) is 0 Å². The normalized spacial score (nSPS) is 12.3. The second-order valence-corrected chi connectivity index (χ2v) is 7.40. The first-order valence-corrected chi connectivity index (χ1v) is 8.57. The van der Waals surface area contributed by atoms with Crippen LogP contribution in [0.15, 0.2) is 11.5 Å². The van der Waals surface area contributed by atoms with Crippen LogP contribution < -0.4 is 4.09 Å². The van der Waals surface area contributed by atoms with Crippen LogP contribution in [0, 0.1) is 27.7 Å². The molecule has 0 aliphatic carbocycles. The number of fused-ring (bicyclic) bond motifs is 1. The van der Waals surface area contributed by atoms with Crippen LogP contribution in [-0.4, -0.2) is 33.1 Å². The summed E-state index contributed by atoms with van der Waals surface area (Å²) in [7, 11) is -0.700. The molecule has 0 aliphatic rings. The molecular weight excluding hydrogens is 316 g/mol. The SMILES string of the molecule is Cc1c(C)c(C)c2c(nn(C)[n+]2S(=O)(=O)c2ncn(C)n2)c1C. The fourth-order valence-corrected chi connectivity index (χ4v) is 4.13. The summed E-state index contributed by atoms with van der Waals surface area (Å²) in [6.45, 7) is 7.86. The van der Waals surface area contributed by atoms with Gasteiger partial charge in [-0.2, -0.15) is 8.42 Å². The fourth-order valence-electron chi connectivity index (χ4n) is 2.75. The molecule has 0 saturated heterocycles. The molecule has 0 fully saturated rings. The summed E-state index contributed by atoms with van der Waals surface area (Å²) in [5, 5.41) is 8.10. The zero-order valence-corrected chi connectivity index (χ0v) is 14.8. The number of hydrogen-bond acceptors (Lipinski definition) is 5. The molecule has 0 saturated carbocycles. The molecule has 0 amide bonds. The maximum atomic E-state index is 13.0. The van der Waals surface area contributed by atoms with Crippen molar-refractivity contribution in [1.82, 2.24) is 24.7 Å². The molecule has 2 aromatic heterocycles. The number of hydrogen-bond donors (Lipinski definition) is 0. The van der Waals surface area contributed by atoms with E-state index in [2.05, 4.69) is 15.2 Å². The summed E-state index contributed by atoms with van der Waals surface area (Å²) in [6, 6.07) is 0. The molecule has 1 aromatic carbocycles. The van der Waals surface area contributed by atoms with Crippen molar-refractivity contribution in [1.29, 1.82) is 0 Å². The van der Waals surface area contributed by atoms with Crippen molar-refractivity contribution < 1.29 is 12.5 Å². The minimum atomic E-state index is -3.93. The monoisotopic (exact) mass is 335 g/mol. The number of aromatic nitrogens is 6. The van der Waals surface area contributed by atoms with Gasteiger partial charge in [-0.05, 0) is 47.7 Å². The lowest BCUT2D eigenvalue weighted by Gasteiger charge is -2.07. The molecule has 0 bridgehead atoms. The summed E-state index contributed by atoms with van der Waals surface area (Å²) in [5.41, 5.74) is 5.28. The Kier molecular flexibility index (Phi) is 3.29. The third-order valence-corrected chi connectivity index (χ3v) is 5.88. The van der Waals surface area contributed by atoms with Gasteiger partial charge in [-0.3, -0.25) is 4.68 Å². The molecule has 0 atom stereocenters. The van der Waals surface area contributed by atoms with Crippen molar-refractivity contribution in [3.05, 3.63) is 28.6 Å². The first-order chi connectivity index (χ1) is 10.7. The molecule has 3 aromatic rings. The zero-order chi connectivity index (χ0) is 17.1. The van der Waals surface area contributed by atoms with Gasteiger partial charge in [-0.1, -0.05) is 0 Å². The van der Waals surface area contributed by atoms with E-state index in [1.165, 1.54) is 19.9 Å². The van der Waals surface area contributed by atoms with Crippen LogP contribution in [0.3, 0.4) is 0 Å². The largest absolute Gasteiger partial charge is 0.390 e. The molecule has 0 radical (unpaired) electrons. The van der Waals surface area contributed by atoms with Crippen LogP contribution >= 0.6 is 0 Å². The Labute approximate surface area is 134 Å². The summed E-state index contributed by atoms with van der Waals surface area (Å²) < 4.78 is 28.5. The smallest absolute Gasteiger partial charge is 0.255 e. The molecule has 0 unspecified atom stereocenters. The highest BCUT2D eigenvalue weighted by atomic mass is 32.2. The first kappa shape index (κ1) is 15.6. The van der Waals surface area contributed by atoms with Gasteiger partial charge in [0.25, 0.3) is 5.52 Å². The lowest BCUT2D eigenvalue weighted by Crippen LogP contribution is -2.50. The van der Waals surface area contributed by atoms with Gasteiger partial charge < -0.3 is 0 Å². The quantitative estimate of drug-likeness (QED) is 0.635. The fraction of sp³-hybridized carbons (Fsp3) is 0.429. The standard InChI is InChI=1S/C14H19N6O2S/c1-8-9(2)11(4)13-12(10(8)3)16-19(6)20(13)23(21,22)14-15-7-18(5)17-14/h7H,1-6H3/q+1. The minimum absolute atomic E-state index is 0.245. The van der Waals surface area contributed by atoms with Crippen LogP contribution in [0.1, 0.15) is 22.3 Å². The third-order valence-electron chi connectivity index (χ3n) is 4.36. The predicted octanol–water partition coefficient (Wildman–Crippen LogP) is 0.460. The third kappa shape index (κ3) is 2.07. The average Bonchev–Trinajstić information content (AvgIpc) is 3.07. The Morgan fingerprint density at radius 3 is 2.13 bits per heavy atom. The Morgan fingerprint density at radius 2 is 1.57 bits per heavy atom. The van der Waals surface area contributed by atoms with E-state index < -0.39 is 10.0 Å². The summed E-state index contributed by atoms with van der Waals surface area (Å²) in [6.07, 6.45) is 1.36. The predicted molar refractivity (Wildman–Crippen MR) is 83.4 cm³/mol.